The van der Waals surface area contributed by atoms with Crippen molar-refractivity contribution in [3.8, 4) is 0 Å². The molecule has 1 aromatic rings. The molecule has 1 heterocycles. The van der Waals surface area contributed by atoms with E-state index in [1.54, 1.807) is 6.33 Å². The largest absolute Gasteiger partial charge is 0.297 e. The second-order valence-electron chi connectivity index (χ2n) is 5.24. The smallest absolute Gasteiger partial charge is 0.138 e. The van der Waals surface area contributed by atoms with Crippen LogP contribution in [0.15, 0.2) is 6.33 Å². The zero-order valence-corrected chi connectivity index (χ0v) is 12.8. The van der Waals surface area contributed by atoms with Gasteiger partial charge in [-0.2, -0.15) is 5.10 Å². The monoisotopic (exact) mass is 268 g/mol. The normalized spacial score (nSPS) is 14.1. The van der Waals surface area contributed by atoms with Crippen LogP contribution in [0.4, 0.5) is 0 Å². The van der Waals surface area contributed by atoms with Gasteiger partial charge in [-0.15, -0.1) is 0 Å². The highest BCUT2D eigenvalue weighted by Gasteiger charge is 2.34. The molecule has 0 fully saturated rings. The lowest BCUT2D eigenvalue weighted by Gasteiger charge is -2.43. The van der Waals surface area contributed by atoms with Crippen molar-refractivity contribution in [2.24, 2.45) is 5.84 Å². The van der Waals surface area contributed by atoms with E-state index in [4.69, 9.17) is 5.84 Å². The standard InChI is InChI=1S/C13H28N6/c1-6-18(7-2)13(4,5)11(17-14)9-12-15-10-16-19(12)8-3/h10-11,17H,6-9,14H2,1-5H3. The molecule has 0 amide bonds. The summed E-state index contributed by atoms with van der Waals surface area (Å²) in [6, 6.07) is 0.127. The molecule has 110 valence electrons. The molecule has 0 radical (unpaired) electrons. The van der Waals surface area contributed by atoms with Gasteiger partial charge in [-0.25, -0.2) is 4.98 Å². The Morgan fingerprint density at radius 2 is 2.00 bits per heavy atom. The van der Waals surface area contributed by atoms with Gasteiger partial charge < -0.3 is 0 Å². The second-order valence-corrected chi connectivity index (χ2v) is 5.24. The fourth-order valence-electron chi connectivity index (χ4n) is 2.66. The molecule has 0 saturated carbocycles. The minimum atomic E-state index is -0.0389. The average molecular weight is 268 g/mol. The predicted octanol–water partition coefficient (Wildman–Crippen LogP) is 0.793. The van der Waals surface area contributed by atoms with Crippen molar-refractivity contribution in [2.45, 2.75) is 59.2 Å². The third kappa shape index (κ3) is 3.52. The van der Waals surface area contributed by atoms with Gasteiger partial charge in [0.2, 0.25) is 0 Å². The quantitative estimate of drug-likeness (QED) is 0.539. The van der Waals surface area contributed by atoms with E-state index in [0.29, 0.717) is 0 Å². The van der Waals surface area contributed by atoms with E-state index < -0.39 is 0 Å². The number of hydrogen-bond donors (Lipinski definition) is 2. The average Bonchev–Trinajstić information content (AvgIpc) is 2.83. The molecule has 0 saturated heterocycles. The van der Waals surface area contributed by atoms with E-state index in [9.17, 15) is 0 Å². The fraction of sp³-hybridized carbons (Fsp3) is 0.846. The summed E-state index contributed by atoms with van der Waals surface area (Å²) in [4.78, 5) is 6.74. The lowest BCUT2D eigenvalue weighted by atomic mass is 9.90. The molecular weight excluding hydrogens is 240 g/mol. The molecule has 0 aliphatic heterocycles. The van der Waals surface area contributed by atoms with E-state index >= 15 is 0 Å². The van der Waals surface area contributed by atoms with Crippen LogP contribution < -0.4 is 11.3 Å². The Labute approximate surface area is 116 Å². The van der Waals surface area contributed by atoms with Crippen LogP contribution in [0.2, 0.25) is 0 Å². The lowest BCUT2D eigenvalue weighted by molar-refractivity contribution is 0.0899. The number of hydrogen-bond acceptors (Lipinski definition) is 5. The van der Waals surface area contributed by atoms with Crippen molar-refractivity contribution in [3.63, 3.8) is 0 Å². The molecule has 0 aromatic carbocycles. The molecule has 1 unspecified atom stereocenters. The Balaban J connectivity index is 2.88. The van der Waals surface area contributed by atoms with Crippen LogP contribution in [0.3, 0.4) is 0 Å². The molecule has 1 aromatic heterocycles. The molecule has 0 aliphatic carbocycles. The number of hydrazine groups is 1. The van der Waals surface area contributed by atoms with Gasteiger partial charge in [-0.1, -0.05) is 13.8 Å². The summed E-state index contributed by atoms with van der Waals surface area (Å²) < 4.78 is 1.92. The highest BCUT2D eigenvalue weighted by Crippen LogP contribution is 2.21. The van der Waals surface area contributed by atoms with E-state index in [1.807, 2.05) is 4.68 Å². The summed E-state index contributed by atoms with van der Waals surface area (Å²) in [6.07, 6.45) is 2.38. The van der Waals surface area contributed by atoms with Gasteiger partial charge in [0.25, 0.3) is 0 Å². The SMILES string of the molecule is CCN(CC)C(C)(C)C(Cc1ncnn1CC)NN. The molecule has 1 rings (SSSR count). The van der Waals surface area contributed by atoms with E-state index in [1.165, 1.54) is 0 Å². The molecule has 0 aliphatic rings. The van der Waals surface area contributed by atoms with Crippen LogP contribution in [0.25, 0.3) is 0 Å². The van der Waals surface area contributed by atoms with Gasteiger partial charge in [0, 0.05) is 24.5 Å². The predicted molar refractivity (Wildman–Crippen MR) is 77.5 cm³/mol. The summed E-state index contributed by atoms with van der Waals surface area (Å²) in [7, 11) is 0. The first-order valence-corrected chi connectivity index (χ1v) is 7.09. The van der Waals surface area contributed by atoms with Crippen molar-refractivity contribution in [1.82, 2.24) is 25.1 Å². The summed E-state index contributed by atoms with van der Waals surface area (Å²) in [5.41, 5.74) is 2.92. The molecule has 6 nitrogen and oxygen atoms in total. The van der Waals surface area contributed by atoms with Crippen LogP contribution in [0.5, 0.6) is 0 Å². The van der Waals surface area contributed by atoms with Crippen molar-refractivity contribution in [3.05, 3.63) is 12.2 Å². The third-order valence-electron chi connectivity index (χ3n) is 4.01. The molecule has 0 bridgehead atoms. The number of nitrogens with zero attached hydrogens (tertiary/aromatic N) is 4. The first-order valence-electron chi connectivity index (χ1n) is 7.09. The summed E-state index contributed by atoms with van der Waals surface area (Å²) in [5.74, 6) is 6.76. The lowest BCUT2D eigenvalue weighted by Crippen LogP contribution is -2.60. The zero-order valence-electron chi connectivity index (χ0n) is 12.8. The number of nitrogens with two attached hydrogens (primary N) is 1. The van der Waals surface area contributed by atoms with E-state index in [0.717, 1.165) is 31.9 Å². The maximum Gasteiger partial charge on any atom is 0.138 e. The van der Waals surface area contributed by atoms with Crippen LogP contribution in [0, 0.1) is 0 Å². The van der Waals surface area contributed by atoms with Crippen molar-refractivity contribution in [2.75, 3.05) is 13.1 Å². The van der Waals surface area contributed by atoms with Gasteiger partial charge in [0.1, 0.15) is 12.2 Å². The Morgan fingerprint density at radius 1 is 1.37 bits per heavy atom. The van der Waals surface area contributed by atoms with Gasteiger partial charge in [-0.05, 0) is 33.9 Å². The summed E-state index contributed by atoms with van der Waals surface area (Å²) in [6.45, 7) is 13.7. The third-order valence-corrected chi connectivity index (χ3v) is 4.01. The molecule has 0 spiro atoms. The number of rotatable bonds is 8. The van der Waals surface area contributed by atoms with Crippen LogP contribution in [-0.2, 0) is 13.0 Å². The molecule has 19 heavy (non-hydrogen) atoms. The highest BCUT2D eigenvalue weighted by molar-refractivity contribution is 4.99. The maximum atomic E-state index is 5.78. The first kappa shape index (κ1) is 16.1. The van der Waals surface area contributed by atoms with E-state index in [2.05, 4.69) is 55.0 Å². The highest BCUT2D eigenvalue weighted by atomic mass is 15.3. The van der Waals surface area contributed by atoms with E-state index in [-0.39, 0.29) is 11.6 Å². The van der Waals surface area contributed by atoms with Crippen molar-refractivity contribution >= 4 is 0 Å². The Kier molecular flexibility index (Phi) is 5.90. The molecule has 1 atom stereocenters. The zero-order chi connectivity index (χ0) is 14.5. The van der Waals surface area contributed by atoms with Gasteiger partial charge in [-0.3, -0.25) is 20.9 Å². The van der Waals surface area contributed by atoms with Crippen LogP contribution in [0.1, 0.15) is 40.4 Å². The Bertz CT molecular complexity index is 369. The fourth-order valence-corrected chi connectivity index (χ4v) is 2.66. The number of nitrogens with one attached hydrogen (secondary N) is 1. The van der Waals surface area contributed by atoms with Crippen molar-refractivity contribution in [1.29, 1.82) is 0 Å². The van der Waals surface area contributed by atoms with Crippen molar-refractivity contribution < 1.29 is 0 Å². The minimum absolute atomic E-state index is 0.0389. The topological polar surface area (TPSA) is 72.0 Å². The Morgan fingerprint density at radius 3 is 2.47 bits per heavy atom. The molecule has 6 heteroatoms. The molecular formula is C13H28N6. The van der Waals surface area contributed by atoms with Gasteiger partial charge in [0.15, 0.2) is 0 Å². The van der Waals surface area contributed by atoms with Gasteiger partial charge in [0.05, 0.1) is 0 Å². The van der Waals surface area contributed by atoms with Crippen LogP contribution >= 0.6 is 0 Å². The number of aromatic nitrogens is 3. The number of likely N-dealkylation sites (N-methyl/N-ethyl adjacent to an activating group) is 1. The number of aryl methyl sites for hydroxylation is 1. The van der Waals surface area contributed by atoms with Gasteiger partial charge >= 0.3 is 0 Å². The van der Waals surface area contributed by atoms with Crippen LogP contribution in [-0.4, -0.2) is 44.3 Å². The minimum Gasteiger partial charge on any atom is -0.297 e. The summed E-state index contributed by atoms with van der Waals surface area (Å²) in [5, 5.41) is 4.21. The first-order chi connectivity index (χ1) is 9.01. The maximum absolute atomic E-state index is 5.78. The molecule has 3 N–H and O–H groups in total. The summed E-state index contributed by atoms with van der Waals surface area (Å²) >= 11 is 0. The second kappa shape index (κ2) is 6.98. The Hall–Kier alpha value is -0.980.